The second kappa shape index (κ2) is 10.8. The van der Waals surface area contributed by atoms with Crippen LogP contribution in [0.4, 0.5) is 5.13 Å². The minimum absolute atomic E-state index is 0.0355. The molecular weight excluding hydrogens is 456 g/mol. The monoisotopic (exact) mass is 476 g/mol. The highest BCUT2D eigenvalue weighted by molar-refractivity contribution is 7.15. The summed E-state index contributed by atoms with van der Waals surface area (Å²) in [5, 5.41) is 15.6. The van der Waals surface area contributed by atoms with Crippen LogP contribution < -0.4 is 10.6 Å². The Labute approximate surface area is 200 Å². The average molecular weight is 477 g/mol. The highest BCUT2D eigenvalue weighted by atomic mass is 35.5. The maximum absolute atomic E-state index is 12.8. The number of nitrogens with zero attached hydrogens (tertiary/aromatic N) is 2. The summed E-state index contributed by atoms with van der Waals surface area (Å²) in [6.07, 6.45) is 0.683. The Hall–Kier alpha value is -3.55. The molecule has 0 fully saturated rings. The molecule has 0 saturated carbocycles. The molecule has 0 spiro atoms. The normalized spacial score (nSPS) is 11.5. The van der Waals surface area contributed by atoms with E-state index in [-0.39, 0.29) is 18.2 Å². The highest BCUT2D eigenvalue weighted by Crippen LogP contribution is 2.23. The Bertz CT molecular complexity index is 1230. The lowest BCUT2D eigenvalue weighted by Crippen LogP contribution is -2.31. The van der Waals surface area contributed by atoms with Gasteiger partial charge in [-0.05, 0) is 23.3 Å². The summed E-state index contributed by atoms with van der Waals surface area (Å²) in [6.45, 7) is 0. The summed E-state index contributed by atoms with van der Waals surface area (Å²) < 4.78 is 0. The first-order valence-electron chi connectivity index (χ1n) is 10.3. The predicted molar refractivity (Wildman–Crippen MR) is 131 cm³/mol. The van der Waals surface area contributed by atoms with Gasteiger partial charge in [0.1, 0.15) is 5.01 Å². The summed E-state index contributed by atoms with van der Waals surface area (Å²) in [5.41, 5.74) is 2.29. The van der Waals surface area contributed by atoms with Gasteiger partial charge in [0.2, 0.25) is 11.0 Å². The predicted octanol–water partition coefficient (Wildman–Crippen LogP) is 5.28. The van der Waals surface area contributed by atoms with Crippen LogP contribution >= 0.6 is 22.9 Å². The van der Waals surface area contributed by atoms with Crippen molar-refractivity contribution >= 4 is 39.9 Å². The van der Waals surface area contributed by atoms with Crippen LogP contribution in [0.3, 0.4) is 0 Å². The van der Waals surface area contributed by atoms with Gasteiger partial charge in [-0.3, -0.25) is 9.59 Å². The van der Waals surface area contributed by atoms with E-state index < -0.39 is 6.04 Å². The second-order valence-electron chi connectivity index (χ2n) is 7.33. The molecule has 2 N–H and O–H groups in total. The summed E-state index contributed by atoms with van der Waals surface area (Å²) in [6, 6.07) is 25.6. The van der Waals surface area contributed by atoms with Crippen molar-refractivity contribution in [2.24, 2.45) is 0 Å². The molecule has 4 rings (SSSR count). The van der Waals surface area contributed by atoms with E-state index in [0.717, 1.165) is 16.1 Å². The van der Waals surface area contributed by atoms with Gasteiger partial charge >= 0.3 is 0 Å². The minimum atomic E-state index is -0.535. The number of rotatable bonds is 8. The Morgan fingerprint density at radius 3 is 2.27 bits per heavy atom. The third kappa shape index (κ3) is 6.25. The fraction of sp³-hybridized carbons (Fsp3) is 0.120. The summed E-state index contributed by atoms with van der Waals surface area (Å²) in [4.78, 5) is 25.6. The maximum Gasteiger partial charge on any atom is 0.253 e. The molecule has 166 valence electrons. The molecule has 0 aliphatic rings. The standard InChI is InChI=1S/C25H21ClN4O2S/c26-20-14-8-7-13-19(20)24(32)27-21(18-11-5-2-6-12-18)16-22(31)28-25-30-29-23(33-25)15-17-9-3-1-4-10-17/h1-14,21H,15-16H2,(H,27,32)(H,28,30,31)/t21-/m0/s1. The molecule has 1 atom stereocenters. The molecule has 4 aromatic rings. The minimum Gasteiger partial charge on any atom is -0.345 e. The molecule has 0 aliphatic carbocycles. The van der Waals surface area contributed by atoms with E-state index in [1.54, 1.807) is 24.3 Å². The van der Waals surface area contributed by atoms with Crippen molar-refractivity contribution < 1.29 is 9.59 Å². The first kappa shape index (κ1) is 22.6. The van der Waals surface area contributed by atoms with Crippen LogP contribution in [-0.4, -0.2) is 22.0 Å². The molecule has 8 heteroatoms. The van der Waals surface area contributed by atoms with Crippen LogP contribution in [-0.2, 0) is 11.2 Å². The van der Waals surface area contributed by atoms with E-state index in [1.165, 1.54) is 11.3 Å². The number of carbonyl (C=O) groups excluding carboxylic acids is 2. The van der Waals surface area contributed by atoms with Crippen LogP contribution in [0, 0.1) is 0 Å². The molecule has 0 aliphatic heterocycles. The number of hydrogen-bond acceptors (Lipinski definition) is 5. The number of hydrogen-bond donors (Lipinski definition) is 2. The van der Waals surface area contributed by atoms with Crippen molar-refractivity contribution in [3.63, 3.8) is 0 Å². The van der Waals surface area contributed by atoms with E-state index in [9.17, 15) is 9.59 Å². The molecule has 33 heavy (non-hydrogen) atoms. The van der Waals surface area contributed by atoms with Gasteiger partial charge in [-0.25, -0.2) is 0 Å². The molecule has 6 nitrogen and oxygen atoms in total. The number of halogens is 1. The van der Waals surface area contributed by atoms with Gasteiger partial charge in [-0.2, -0.15) is 0 Å². The quantitative estimate of drug-likeness (QED) is 0.362. The summed E-state index contributed by atoms with van der Waals surface area (Å²) in [7, 11) is 0. The first-order chi connectivity index (χ1) is 16.1. The van der Waals surface area contributed by atoms with Gasteiger partial charge in [0.05, 0.1) is 23.0 Å². The van der Waals surface area contributed by atoms with Crippen molar-refractivity contribution in [2.75, 3.05) is 5.32 Å². The lowest BCUT2D eigenvalue weighted by molar-refractivity contribution is -0.116. The van der Waals surface area contributed by atoms with E-state index in [4.69, 9.17) is 11.6 Å². The Morgan fingerprint density at radius 1 is 0.879 bits per heavy atom. The summed E-state index contributed by atoms with van der Waals surface area (Å²) in [5.74, 6) is -0.617. The third-order valence-electron chi connectivity index (χ3n) is 4.93. The molecule has 0 radical (unpaired) electrons. The zero-order valence-corrected chi connectivity index (χ0v) is 19.1. The topological polar surface area (TPSA) is 84.0 Å². The summed E-state index contributed by atoms with van der Waals surface area (Å²) >= 11 is 7.50. The van der Waals surface area contributed by atoms with E-state index >= 15 is 0 Å². The Balaban J connectivity index is 1.43. The van der Waals surface area contributed by atoms with E-state index in [1.807, 2.05) is 60.7 Å². The van der Waals surface area contributed by atoms with Crippen molar-refractivity contribution in [2.45, 2.75) is 18.9 Å². The van der Waals surface area contributed by atoms with E-state index in [2.05, 4.69) is 20.8 Å². The number of benzene rings is 3. The van der Waals surface area contributed by atoms with Crippen molar-refractivity contribution in [1.82, 2.24) is 15.5 Å². The van der Waals surface area contributed by atoms with Crippen LogP contribution in [0.1, 0.15) is 39.0 Å². The van der Waals surface area contributed by atoms with Crippen LogP contribution in [0.5, 0.6) is 0 Å². The molecule has 0 bridgehead atoms. The fourth-order valence-corrected chi connectivity index (χ4v) is 4.33. The van der Waals surface area contributed by atoms with Gasteiger partial charge in [0, 0.05) is 6.42 Å². The Morgan fingerprint density at radius 2 is 1.55 bits per heavy atom. The molecule has 2 amide bonds. The molecular formula is C25H21ClN4O2S. The second-order valence-corrected chi connectivity index (χ2v) is 8.80. The van der Waals surface area contributed by atoms with Gasteiger partial charge in [0.15, 0.2) is 0 Å². The number of carbonyl (C=O) groups is 2. The molecule has 0 unspecified atom stereocenters. The number of amides is 2. The zero-order valence-electron chi connectivity index (χ0n) is 17.6. The fourth-order valence-electron chi connectivity index (χ4n) is 3.32. The average Bonchev–Trinajstić information content (AvgIpc) is 3.26. The van der Waals surface area contributed by atoms with Crippen LogP contribution in [0.25, 0.3) is 0 Å². The van der Waals surface area contributed by atoms with Crippen molar-refractivity contribution in [1.29, 1.82) is 0 Å². The molecule has 0 saturated heterocycles. The number of aromatic nitrogens is 2. The SMILES string of the molecule is O=C(C[C@H](NC(=O)c1ccccc1Cl)c1ccccc1)Nc1nnc(Cc2ccccc2)s1. The molecule has 1 aromatic heterocycles. The third-order valence-corrected chi connectivity index (χ3v) is 6.09. The van der Waals surface area contributed by atoms with Gasteiger partial charge < -0.3 is 10.6 Å². The van der Waals surface area contributed by atoms with Gasteiger partial charge in [0.25, 0.3) is 5.91 Å². The van der Waals surface area contributed by atoms with Gasteiger partial charge in [-0.15, -0.1) is 10.2 Å². The maximum atomic E-state index is 12.8. The van der Waals surface area contributed by atoms with Crippen LogP contribution in [0.15, 0.2) is 84.9 Å². The smallest absolute Gasteiger partial charge is 0.253 e. The van der Waals surface area contributed by atoms with E-state index in [0.29, 0.717) is 22.1 Å². The number of nitrogens with one attached hydrogen (secondary N) is 2. The number of anilines is 1. The first-order valence-corrected chi connectivity index (χ1v) is 11.5. The van der Waals surface area contributed by atoms with Crippen molar-refractivity contribution in [3.05, 3.63) is 112 Å². The molecule has 1 heterocycles. The van der Waals surface area contributed by atoms with Gasteiger partial charge in [-0.1, -0.05) is 95.7 Å². The van der Waals surface area contributed by atoms with Crippen LogP contribution in [0.2, 0.25) is 5.02 Å². The largest absolute Gasteiger partial charge is 0.345 e. The Kier molecular flexibility index (Phi) is 7.44. The highest BCUT2D eigenvalue weighted by Gasteiger charge is 2.21. The molecule has 3 aromatic carbocycles. The van der Waals surface area contributed by atoms with Crippen molar-refractivity contribution in [3.8, 4) is 0 Å². The zero-order chi connectivity index (χ0) is 23.0. The lowest BCUT2D eigenvalue weighted by Gasteiger charge is -2.19. The lowest BCUT2D eigenvalue weighted by atomic mass is 10.0.